The standard InChI is InChI=1S/C12H16Cl2N2S/c1-7-8(2)17-4-3-16(7)12-10(13)5-9(15)6-11(12)14/h5-8H,3-4,15H2,1-2H3. The molecule has 2 atom stereocenters. The second-order valence-corrected chi connectivity index (χ2v) is 6.64. The highest BCUT2D eigenvalue weighted by Gasteiger charge is 2.28. The fourth-order valence-electron chi connectivity index (χ4n) is 2.11. The number of halogens is 2. The average molecular weight is 291 g/mol. The predicted octanol–water partition coefficient (Wildman–Crippen LogP) is 3.91. The van der Waals surface area contributed by atoms with Crippen molar-refractivity contribution in [1.82, 2.24) is 0 Å². The molecular formula is C12H16Cl2N2S. The van der Waals surface area contributed by atoms with Crippen LogP contribution in [0.4, 0.5) is 11.4 Å². The Labute approximate surface area is 116 Å². The van der Waals surface area contributed by atoms with E-state index in [9.17, 15) is 0 Å². The number of hydrogen-bond acceptors (Lipinski definition) is 3. The second kappa shape index (κ2) is 5.17. The first-order valence-electron chi connectivity index (χ1n) is 5.63. The average Bonchev–Trinajstić information content (AvgIpc) is 2.23. The Kier molecular flexibility index (Phi) is 4.01. The van der Waals surface area contributed by atoms with Crippen LogP contribution in [-0.4, -0.2) is 23.6 Å². The van der Waals surface area contributed by atoms with Crippen molar-refractivity contribution >= 4 is 46.3 Å². The van der Waals surface area contributed by atoms with E-state index < -0.39 is 0 Å². The first kappa shape index (κ1) is 13.2. The quantitative estimate of drug-likeness (QED) is 0.796. The minimum absolute atomic E-state index is 0.423. The van der Waals surface area contributed by atoms with Crippen LogP contribution < -0.4 is 10.6 Å². The molecule has 5 heteroatoms. The minimum Gasteiger partial charge on any atom is -0.399 e. The lowest BCUT2D eigenvalue weighted by Gasteiger charge is -2.40. The van der Waals surface area contributed by atoms with Gasteiger partial charge in [0.1, 0.15) is 0 Å². The number of hydrogen-bond donors (Lipinski definition) is 1. The fraction of sp³-hybridized carbons (Fsp3) is 0.500. The SMILES string of the molecule is CC1SCCN(c2c(Cl)cc(N)cc2Cl)C1C. The molecule has 1 aliphatic heterocycles. The molecule has 1 aliphatic rings. The van der Waals surface area contributed by atoms with Crippen LogP contribution in [0.1, 0.15) is 13.8 Å². The Morgan fingerprint density at radius 1 is 1.29 bits per heavy atom. The van der Waals surface area contributed by atoms with Crippen molar-refractivity contribution < 1.29 is 0 Å². The largest absolute Gasteiger partial charge is 0.399 e. The lowest BCUT2D eigenvalue weighted by molar-refractivity contribution is 0.627. The van der Waals surface area contributed by atoms with Gasteiger partial charge in [0.2, 0.25) is 0 Å². The van der Waals surface area contributed by atoms with Gasteiger partial charge in [-0.2, -0.15) is 11.8 Å². The van der Waals surface area contributed by atoms with E-state index in [0.29, 0.717) is 27.0 Å². The van der Waals surface area contributed by atoms with Gasteiger partial charge in [-0.05, 0) is 19.1 Å². The third-order valence-electron chi connectivity index (χ3n) is 3.21. The summed E-state index contributed by atoms with van der Waals surface area (Å²) < 4.78 is 0. The lowest BCUT2D eigenvalue weighted by Crippen LogP contribution is -2.45. The molecule has 0 aliphatic carbocycles. The summed E-state index contributed by atoms with van der Waals surface area (Å²) in [6.45, 7) is 5.42. The Balaban J connectivity index is 2.39. The van der Waals surface area contributed by atoms with Crippen molar-refractivity contribution in [3.05, 3.63) is 22.2 Å². The van der Waals surface area contributed by atoms with Crippen LogP contribution in [0.5, 0.6) is 0 Å². The van der Waals surface area contributed by atoms with Crippen molar-refractivity contribution in [2.75, 3.05) is 22.9 Å². The van der Waals surface area contributed by atoms with Crippen molar-refractivity contribution in [3.8, 4) is 0 Å². The summed E-state index contributed by atoms with van der Waals surface area (Å²) in [7, 11) is 0. The van der Waals surface area contributed by atoms with Gasteiger partial charge in [0.15, 0.2) is 0 Å². The van der Waals surface area contributed by atoms with E-state index in [2.05, 4.69) is 18.7 Å². The normalized spacial score (nSPS) is 25.1. The van der Waals surface area contributed by atoms with E-state index in [1.165, 1.54) is 0 Å². The fourth-order valence-corrected chi connectivity index (χ4v) is 3.93. The van der Waals surface area contributed by atoms with Crippen molar-refractivity contribution in [1.29, 1.82) is 0 Å². The van der Waals surface area contributed by atoms with E-state index in [1.807, 2.05) is 11.8 Å². The number of nitrogens with two attached hydrogens (primary N) is 1. The molecule has 2 rings (SSSR count). The zero-order valence-electron chi connectivity index (χ0n) is 9.91. The summed E-state index contributed by atoms with van der Waals surface area (Å²) in [4.78, 5) is 2.28. The van der Waals surface area contributed by atoms with Crippen LogP contribution in [-0.2, 0) is 0 Å². The molecule has 0 amide bonds. The Morgan fingerprint density at radius 2 is 1.88 bits per heavy atom. The molecule has 0 aromatic heterocycles. The third kappa shape index (κ3) is 2.61. The Morgan fingerprint density at radius 3 is 2.47 bits per heavy atom. The molecule has 1 heterocycles. The van der Waals surface area contributed by atoms with E-state index in [-0.39, 0.29) is 0 Å². The predicted molar refractivity (Wildman–Crippen MR) is 79.6 cm³/mol. The minimum atomic E-state index is 0.423. The van der Waals surface area contributed by atoms with Gasteiger partial charge >= 0.3 is 0 Å². The van der Waals surface area contributed by atoms with Gasteiger partial charge in [-0.15, -0.1) is 0 Å². The first-order valence-corrected chi connectivity index (χ1v) is 7.44. The van der Waals surface area contributed by atoms with Gasteiger partial charge in [0.05, 0.1) is 15.7 Å². The summed E-state index contributed by atoms with van der Waals surface area (Å²) in [5.74, 6) is 1.10. The monoisotopic (exact) mass is 290 g/mol. The summed E-state index contributed by atoms with van der Waals surface area (Å²) in [5, 5.41) is 1.86. The summed E-state index contributed by atoms with van der Waals surface area (Å²) in [6, 6.07) is 3.96. The molecule has 1 aromatic rings. The van der Waals surface area contributed by atoms with Gasteiger partial charge in [-0.3, -0.25) is 0 Å². The van der Waals surface area contributed by atoms with Gasteiger partial charge in [0.25, 0.3) is 0 Å². The van der Waals surface area contributed by atoms with Crippen LogP contribution in [0.2, 0.25) is 10.0 Å². The van der Waals surface area contributed by atoms with Crippen LogP contribution in [0.3, 0.4) is 0 Å². The first-order chi connectivity index (χ1) is 8.00. The van der Waals surface area contributed by atoms with Crippen LogP contribution in [0.25, 0.3) is 0 Å². The molecule has 2 nitrogen and oxygen atoms in total. The lowest BCUT2D eigenvalue weighted by atomic mass is 10.1. The molecule has 0 radical (unpaired) electrons. The van der Waals surface area contributed by atoms with Gasteiger partial charge in [0, 0.05) is 29.3 Å². The molecule has 1 fully saturated rings. The van der Waals surface area contributed by atoms with Crippen LogP contribution in [0, 0.1) is 0 Å². The molecule has 0 saturated carbocycles. The molecule has 1 aromatic carbocycles. The van der Waals surface area contributed by atoms with Gasteiger partial charge in [-0.1, -0.05) is 30.1 Å². The maximum absolute atomic E-state index is 6.27. The van der Waals surface area contributed by atoms with Crippen molar-refractivity contribution in [2.24, 2.45) is 0 Å². The highest BCUT2D eigenvalue weighted by atomic mass is 35.5. The highest BCUT2D eigenvalue weighted by Crippen LogP contribution is 2.39. The van der Waals surface area contributed by atoms with Crippen molar-refractivity contribution in [3.63, 3.8) is 0 Å². The zero-order chi connectivity index (χ0) is 12.6. The van der Waals surface area contributed by atoms with Crippen LogP contribution in [0.15, 0.2) is 12.1 Å². The number of thioether (sulfide) groups is 1. The van der Waals surface area contributed by atoms with E-state index >= 15 is 0 Å². The second-order valence-electron chi connectivity index (χ2n) is 4.34. The topological polar surface area (TPSA) is 29.3 Å². The van der Waals surface area contributed by atoms with Crippen LogP contribution >= 0.6 is 35.0 Å². The molecular weight excluding hydrogens is 275 g/mol. The summed E-state index contributed by atoms with van der Waals surface area (Å²) in [5.41, 5.74) is 7.25. The number of nitrogens with zero attached hydrogens (tertiary/aromatic N) is 1. The highest BCUT2D eigenvalue weighted by molar-refractivity contribution is 8.00. The Hall–Kier alpha value is -0.250. The van der Waals surface area contributed by atoms with Gasteiger partial charge in [-0.25, -0.2) is 0 Å². The van der Waals surface area contributed by atoms with Gasteiger partial charge < -0.3 is 10.6 Å². The zero-order valence-corrected chi connectivity index (χ0v) is 12.2. The number of rotatable bonds is 1. The number of benzene rings is 1. The molecule has 2 unspecified atom stereocenters. The number of anilines is 2. The molecule has 1 saturated heterocycles. The molecule has 17 heavy (non-hydrogen) atoms. The molecule has 0 bridgehead atoms. The number of nitrogen functional groups attached to an aromatic ring is 1. The Bertz CT molecular complexity index is 402. The molecule has 2 N–H and O–H groups in total. The maximum Gasteiger partial charge on any atom is 0.0749 e. The smallest absolute Gasteiger partial charge is 0.0749 e. The third-order valence-corrected chi connectivity index (χ3v) is 5.12. The summed E-state index contributed by atoms with van der Waals surface area (Å²) in [6.07, 6.45) is 0. The van der Waals surface area contributed by atoms with Crippen molar-refractivity contribution in [2.45, 2.75) is 25.1 Å². The van der Waals surface area contributed by atoms with E-state index in [0.717, 1.165) is 18.0 Å². The van der Waals surface area contributed by atoms with E-state index in [4.69, 9.17) is 28.9 Å². The maximum atomic E-state index is 6.27. The molecule has 0 spiro atoms. The summed E-state index contributed by atoms with van der Waals surface area (Å²) >= 11 is 14.5. The van der Waals surface area contributed by atoms with E-state index in [1.54, 1.807) is 12.1 Å². The molecule has 94 valence electrons.